The van der Waals surface area contributed by atoms with Crippen molar-refractivity contribution in [2.45, 2.75) is 6.54 Å². The first-order valence-corrected chi connectivity index (χ1v) is 7.18. The molecule has 0 bridgehead atoms. The predicted molar refractivity (Wildman–Crippen MR) is 83.7 cm³/mol. The molecule has 0 saturated carbocycles. The Hall–Kier alpha value is -1.76. The first kappa shape index (κ1) is 13.2. The largest absolute Gasteiger partial charge is 0.248 e. The second-order valence-electron chi connectivity index (χ2n) is 4.40. The van der Waals surface area contributed by atoms with Crippen LogP contribution in [0.5, 0.6) is 0 Å². The standard InChI is InChI=1S/C15H11FIN3/c16-13-3-1-2-11(8-13)9-20-10-18-15(19-20)12-4-6-14(17)7-5-12/h1-8,10H,9H2. The van der Waals surface area contributed by atoms with Gasteiger partial charge in [0.15, 0.2) is 5.82 Å². The lowest BCUT2D eigenvalue weighted by molar-refractivity contribution is 0.619. The van der Waals surface area contributed by atoms with Crippen LogP contribution >= 0.6 is 22.6 Å². The SMILES string of the molecule is Fc1cccc(Cn2cnc(-c3ccc(I)cc3)n2)c1. The van der Waals surface area contributed by atoms with Gasteiger partial charge in [-0.05, 0) is 52.4 Å². The number of hydrogen-bond donors (Lipinski definition) is 0. The molecule has 0 fully saturated rings. The van der Waals surface area contributed by atoms with Crippen LogP contribution in [0.4, 0.5) is 4.39 Å². The summed E-state index contributed by atoms with van der Waals surface area (Å²) in [5, 5.41) is 4.42. The van der Waals surface area contributed by atoms with Gasteiger partial charge in [-0.1, -0.05) is 24.3 Å². The summed E-state index contributed by atoms with van der Waals surface area (Å²) >= 11 is 2.26. The molecule has 1 aromatic heterocycles. The summed E-state index contributed by atoms with van der Waals surface area (Å²) in [6.45, 7) is 0.509. The molecule has 0 saturated heterocycles. The van der Waals surface area contributed by atoms with E-state index in [4.69, 9.17) is 0 Å². The Bertz CT molecular complexity index is 722. The van der Waals surface area contributed by atoms with Crippen molar-refractivity contribution in [1.82, 2.24) is 14.8 Å². The van der Waals surface area contributed by atoms with Gasteiger partial charge in [-0.2, -0.15) is 5.10 Å². The van der Waals surface area contributed by atoms with Crippen molar-refractivity contribution < 1.29 is 4.39 Å². The summed E-state index contributed by atoms with van der Waals surface area (Å²) in [6.07, 6.45) is 1.66. The highest BCUT2D eigenvalue weighted by Crippen LogP contribution is 2.16. The second kappa shape index (κ2) is 5.70. The fourth-order valence-corrected chi connectivity index (χ4v) is 2.28. The maximum absolute atomic E-state index is 13.1. The molecule has 0 aliphatic carbocycles. The second-order valence-corrected chi connectivity index (χ2v) is 5.65. The molecule has 3 nitrogen and oxygen atoms in total. The first-order chi connectivity index (χ1) is 9.70. The highest BCUT2D eigenvalue weighted by Gasteiger charge is 2.05. The van der Waals surface area contributed by atoms with Gasteiger partial charge in [0.2, 0.25) is 0 Å². The fourth-order valence-electron chi connectivity index (χ4n) is 1.92. The van der Waals surface area contributed by atoms with E-state index in [0.717, 1.165) is 11.1 Å². The minimum atomic E-state index is -0.236. The molecule has 0 N–H and O–H groups in total. The molecule has 0 unspecified atom stereocenters. The Morgan fingerprint density at radius 1 is 1.10 bits per heavy atom. The van der Waals surface area contributed by atoms with Crippen molar-refractivity contribution in [2.24, 2.45) is 0 Å². The molecule has 20 heavy (non-hydrogen) atoms. The molecule has 0 aliphatic heterocycles. The molecule has 2 aromatic carbocycles. The molecule has 0 aliphatic rings. The van der Waals surface area contributed by atoms with Crippen LogP contribution in [0.25, 0.3) is 11.4 Å². The van der Waals surface area contributed by atoms with Crippen LogP contribution in [0, 0.1) is 9.39 Å². The van der Waals surface area contributed by atoms with Crippen molar-refractivity contribution in [3.8, 4) is 11.4 Å². The van der Waals surface area contributed by atoms with E-state index in [1.807, 2.05) is 30.3 Å². The number of aromatic nitrogens is 3. The van der Waals surface area contributed by atoms with Crippen molar-refractivity contribution in [1.29, 1.82) is 0 Å². The van der Waals surface area contributed by atoms with Crippen LogP contribution < -0.4 is 0 Å². The zero-order valence-corrected chi connectivity index (χ0v) is 12.7. The van der Waals surface area contributed by atoms with E-state index in [1.165, 1.54) is 15.7 Å². The number of nitrogens with zero attached hydrogens (tertiary/aromatic N) is 3. The Morgan fingerprint density at radius 2 is 1.90 bits per heavy atom. The number of rotatable bonds is 3. The van der Waals surface area contributed by atoms with Gasteiger partial charge < -0.3 is 0 Å². The molecule has 1 heterocycles. The third kappa shape index (κ3) is 3.04. The van der Waals surface area contributed by atoms with Gasteiger partial charge in [0.25, 0.3) is 0 Å². The van der Waals surface area contributed by atoms with Gasteiger partial charge in [-0.15, -0.1) is 0 Å². The first-order valence-electron chi connectivity index (χ1n) is 6.10. The lowest BCUT2D eigenvalue weighted by Gasteiger charge is -2.01. The molecule has 3 rings (SSSR count). The van der Waals surface area contributed by atoms with E-state index >= 15 is 0 Å². The van der Waals surface area contributed by atoms with Crippen LogP contribution in [-0.4, -0.2) is 14.8 Å². The summed E-state index contributed by atoms with van der Waals surface area (Å²) in [4.78, 5) is 4.29. The van der Waals surface area contributed by atoms with Gasteiger partial charge in [-0.25, -0.2) is 14.1 Å². The molecule has 100 valence electrons. The van der Waals surface area contributed by atoms with Crippen LogP contribution in [0.15, 0.2) is 54.9 Å². The number of benzene rings is 2. The summed E-state index contributed by atoms with van der Waals surface area (Å²) in [5.41, 5.74) is 1.84. The Kier molecular flexibility index (Phi) is 3.77. The highest BCUT2D eigenvalue weighted by molar-refractivity contribution is 14.1. The lowest BCUT2D eigenvalue weighted by atomic mass is 10.2. The third-order valence-electron chi connectivity index (χ3n) is 2.87. The molecular weight excluding hydrogens is 368 g/mol. The maximum atomic E-state index is 13.1. The normalized spacial score (nSPS) is 10.7. The molecule has 0 amide bonds. The van der Waals surface area contributed by atoms with E-state index in [2.05, 4.69) is 32.7 Å². The van der Waals surface area contributed by atoms with Crippen molar-refractivity contribution in [3.05, 3.63) is 69.8 Å². The van der Waals surface area contributed by atoms with Gasteiger partial charge in [0.1, 0.15) is 12.1 Å². The van der Waals surface area contributed by atoms with E-state index in [1.54, 1.807) is 17.1 Å². The Labute approximate surface area is 129 Å². The van der Waals surface area contributed by atoms with Gasteiger partial charge in [-0.3, -0.25) is 0 Å². The molecule has 3 aromatic rings. The van der Waals surface area contributed by atoms with E-state index in [9.17, 15) is 4.39 Å². The van der Waals surface area contributed by atoms with Crippen molar-refractivity contribution in [3.63, 3.8) is 0 Å². The third-order valence-corrected chi connectivity index (χ3v) is 3.59. The van der Waals surface area contributed by atoms with E-state index < -0.39 is 0 Å². The maximum Gasteiger partial charge on any atom is 0.181 e. The summed E-state index contributed by atoms with van der Waals surface area (Å²) in [7, 11) is 0. The number of halogens is 2. The van der Waals surface area contributed by atoms with E-state index in [0.29, 0.717) is 12.4 Å². The van der Waals surface area contributed by atoms with Crippen LogP contribution in [0.3, 0.4) is 0 Å². The smallest absolute Gasteiger partial charge is 0.181 e. The van der Waals surface area contributed by atoms with Gasteiger partial charge >= 0.3 is 0 Å². The van der Waals surface area contributed by atoms with Gasteiger partial charge in [0, 0.05) is 9.13 Å². The summed E-state index contributed by atoms with van der Waals surface area (Å²) in [5.74, 6) is 0.443. The monoisotopic (exact) mass is 379 g/mol. The molecule has 0 atom stereocenters. The lowest BCUT2D eigenvalue weighted by Crippen LogP contribution is -2.00. The molecule has 5 heteroatoms. The number of hydrogen-bond acceptors (Lipinski definition) is 2. The zero-order chi connectivity index (χ0) is 13.9. The average molecular weight is 379 g/mol. The minimum absolute atomic E-state index is 0.236. The molecule has 0 radical (unpaired) electrons. The van der Waals surface area contributed by atoms with Crippen LogP contribution in [-0.2, 0) is 6.54 Å². The Morgan fingerprint density at radius 3 is 2.65 bits per heavy atom. The van der Waals surface area contributed by atoms with Gasteiger partial charge in [0.05, 0.1) is 6.54 Å². The fraction of sp³-hybridized carbons (Fsp3) is 0.0667. The Balaban J connectivity index is 1.82. The average Bonchev–Trinajstić information content (AvgIpc) is 2.88. The quantitative estimate of drug-likeness (QED) is 0.650. The van der Waals surface area contributed by atoms with Crippen LogP contribution in [0.1, 0.15) is 5.56 Å². The molecule has 0 spiro atoms. The molecular formula is C15H11FIN3. The predicted octanol–water partition coefficient (Wildman–Crippen LogP) is 3.74. The van der Waals surface area contributed by atoms with Crippen molar-refractivity contribution in [2.75, 3.05) is 0 Å². The minimum Gasteiger partial charge on any atom is -0.248 e. The van der Waals surface area contributed by atoms with Crippen LogP contribution in [0.2, 0.25) is 0 Å². The zero-order valence-electron chi connectivity index (χ0n) is 10.5. The van der Waals surface area contributed by atoms with E-state index in [-0.39, 0.29) is 5.82 Å². The summed E-state index contributed by atoms with van der Waals surface area (Å²) < 4.78 is 16.0. The summed E-state index contributed by atoms with van der Waals surface area (Å²) in [6, 6.07) is 14.5. The van der Waals surface area contributed by atoms with Crippen molar-refractivity contribution >= 4 is 22.6 Å². The topological polar surface area (TPSA) is 30.7 Å². The highest BCUT2D eigenvalue weighted by atomic mass is 127.